The van der Waals surface area contributed by atoms with E-state index in [0.717, 1.165) is 5.56 Å². The van der Waals surface area contributed by atoms with E-state index < -0.39 is 31.1 Å². The van der Waals surface area contributed by atoms with Crippen LogP contribution in [-0.4, -0.2) is 75.4 Å². The Morgan fingerprint density at radius 1 is 1.20 bits per heavy atom. The van der Waals surface area contributed by atoms with Gasteiger partial charge in [0.05, 0.1) is 24.7 Å². The van der Waals surface area contributed by atoms with Crippen LogP contribution in [0.5, 0.6) is 0 Å². The van der Waals surface area contributed by atoms with E-state index in [1.165, 1.54) is 28.0 Å². The molecule has 182 valence electrons. The summed E-state index contributed by atoms with van der Waals surface area (Å²) in [6.45, 7) is -0.167. The Labute approximate surface area is 202 Å². The van der Waals surface area contributed by atoms with E-state index in [0.29, 0.717) is 11.6 Å². The Bertz CT molecular complexity index is 1370. The first-order chi connectivity index (χ1) is 16.9. The monoisotopic (exact) mass is 500 g/mol. The van der Waals surface area contributed by atoms with E-state index in [4.69, 9.17) is 22.1 Å². The summed E-state index contributed by atoms with van der Waals surface area (Å²) in [5.74, 6) is -0.253. The summed E-state index contributed by atoms with van der Waals surface area (Å²) in [6.07, 6.45) is -0.480. The average Bonchev–Trinajstić information content (AvgIpc) is 3.57. The lowest BCUT2D eigenvalue weighted by atomic mass is 10.1. The maximum absolute atomic E-state index is 12.6. The summed E-state index contributed by atoms with van der Waals surface area (Å²) < 4.78 is 8.24. The summed E-state index contributed by atoms with van der Waals surface area (Å²) in [6, 6.07) is 7.11. The van der Waals surface area contributed by atoms with Crippen molar-refractivity contribution < 1.29 is 24.9 Å². The molecule has 1 amide bonds. The zero-order valence-electron chi connectivity index (χ0n) is 18.1. The maximum Gasteiger partial charge on any atom is 0.254 e. The smallest absolute Gasteiger partial charge is 0.254 e. The molecule has 4 atom stereocenters. The lowest BCUT2D eigenvalue weighted by molar-refractivity contribution is -0.0511. The van der Waals surface area contributed by atoms with Crippen molar-refractivity contribution in [1.82, 2.24) is 34.6 Å². The number of nitrogen functional groups attached to an aromatic ring is 1. The minimum atomic E-state index is -1.33. The number of anilines is 1. The first-order valence-corrected chi connectivity index (χ1v) is 10.9. The Balaban J connectivity index is 1.39. The van der Waals surface area contributed by atoms with Crippen molar-refractivity contribution in [3.05, 3.63) is 59.1 Å². The number of fused-ring (bicyclic) bond motifs is 1. The topological polar surface area (TPSA) is 186 Å². The van der Waals surface area contributed by atoms with Crippen LogP contribution < -0.4 is 11.1 Å². The largest absolute Gasteiger partial charge is 0.394 e. The third-order valence-electron chi connectivity index (χ3n) is 5.64. The second kappa shape index (κ2) is 9.20. The van der Waals surface area contributed by atoms with Crippen LogP contribution in [0.25, 0.3) is 17.1 Å². The number of imidazole rings is 1. The minimum Gasteiger partial charge on any atom is -0.394 e. The van der Waals surface area contributed by atoms with Crippen LogP contribution in [0.1, 0.15) is 22.1 Å². The van der Waals surface area contributed by atoms with Crippen LogP contribution in [0.2, 0.25) is 5.02 Å². The van der Waals surface area contributed by atoms with Crippen molar-refractivity contribution in [3.8, 4) is 5.95 Å². The number of nitrogens with zero attached hydrogens (tertiary/aromatic N) is 6. The van der Waals surface area contributed by atoms with Crippen LogP contribution in [0.4, 0.5) is 5.82 Å². The molecule has 0 aliphatic carbocycles. The first-order valence-electron chi connectivity index (χ1n) is 10.6. The fourth-order valence-electron chi connectivity index (χ4n) is 3.76. The molecule has 1 saturated heterocycles. The van der Waals surface area contributed by atoms with Gasteiger partial charge in [0.2, 0.25) is 0 Å². The molecule has 0 spiro atoms. The molecule has 14 heteroatoms. The first kappa shape index (κ1) is 23.1. The molecule has 0 saturated carbocycles. The molecule has 0 radical (unpaired) electrons. The van der Waals surface area contributed by atoms with Crippen molar-refractivity contribution in [2.75, 3.05) is 12.3 Å². The maximum atomic E-state index is 12.6. The van der Waals surface area contributed by atoms with E-state index in [9.17, 15) is 20.1 Å². The molecule has 1 fully saturated rings. The van der Waals surface area contributed by atoms with Gasteiger partial charge in [-0.1, -0.05) is 23.7 Å². The lowest BCUT2D eigenvalue weighted by Gasteiger charge is -2.16. The number of aliphatic hydroxyl groups is 3. The molecule has 1 aromatic carbocycles. The average molecular weight is 501 g/mol. The van der Waals surface area contributed by atoms with Gasteiger partial charge in [0, 0.05) is 17.8 Å². The van der Waals surface area contributed by atoms with Gasteiger partial charge in [0.1, 0.15) is 23.8 Å². The number of hydrogen-bond donors (Lipinski definition) is 5. The summed E-state index contributed by atoms with van der Waals surface area (Å²) in [5, 5.41) is 37.4. The highest BCUT2D eigenvalue weighted by atomic mass is 35.5. The Hall–Kier alpha value is -3.62. The number of nitrogens with one attached hydrogen (secondary N) is 1. The number of ether oxygens (including phenoxy) is 1. The molecular weight excluding hydrogens is 480 g/mol. The van der Waals surface area contributed by atoms with Gasteiger partial charge >= 0.3 is 0 Å². The van der Waals surface area contributed by atoms with Crippen LogP contribution in [0, 0.1) is 0 Å². The molecule has 6 N–H and O–H groups in total. The number of halogens is 1. The molecule has 13 nitrogen and oxygen atoms in total. The van der Waals surface area contributed by atoms with Crippen molar-refractivity contribution >= 4 is 34.5 Å². The van der Waals surface area contributed by atoms with Crippen molar-refractivity contribution in [2.45, 2.75) is 31.1 Å². The third kappa shape index (κ3) is 4.31. The predicted octanol–water partition coefficient (Wildman–Crippen LogP) is -0.211. The number of carbonyl (C=O) groups excluding carboxylic acids is 1. The fraction of sp³-hybridized carbons (Fsp3) is 0.286. The number of aliphatic hydroxyl groups excluding tert-OH is 3. The summed E-state index contributed by atoms with van der Waals surface area (Å²) in [4.78, 5) is 25.4. The standard InChI is InChI=1S/C21H21ClN8O5/c22-12-3-1-10(2-4-12)5-24-19(34)11-6-26-30(7-11)21-27-17(23)14-18(28-21)29(9-25-14)20-16(33)15(32)13(8-31)35-20/h1-4,6-7,9,13,15-16,20,31-33H,5,8H2,(H,24,34)(H2,23,27,28)/t13-,15-,16-,20?/m1/s1. The molecule has 4 aromatic rings. The molecule has 5 rings (SSSR count). The fourth-order valence-corrected chi connectivity index (χ4v) is 3.89. The van der Waals surface area contributed by atoms with Gasteiger partial charge in [0.25, 0.3) is 11.9 Å². The van der Waals surface area contributed by atoms with Crippen molar-refractivity contribution in [3.63, 3.8) is 0 Å². The van der Waals surface area contributed by atoms with Crippen LogP contribution in [0.3, 0.4) is 0 Å². The van der Waals surface area contributed by atoms with Gasteiger partial charge in [-0.05, 0) is 17.7 Å². The quantitative estimate of drug-likeness (QED) is 0.237. The number of aromatic nitrogens is 6. The van der Waals surface area contributed by atoms with Gasteiger partial charge in [-0.25, -0.2) is 9.67 Å². The molecular formula is C21H21ClN8O5. The van der Waals surface area contributed by atoms with Crippen molar-refractivity contribution in [2.24, 2.45) is 0 Å². The zero-order valence-corrected chi connectivity index (χ0v) is 18.8. The molecule has 1 aliphatic heterocycles. The number of amides is 1. The summed E-state index contributed by atoms with van der Waals surface area (Å²) >= 11 is 5.88. The Kier molecular flexibility index (Phi) is 6.08. The molecule has 1 unspecified atom stereocenters. The van der Waals surface area contributed by atoms with Crippen LogP contribution >= 0.6 is 11.6 Å². The van der Waals surface area contributed by atoms with Crippen molar-refractivity contribution in [1.29, 1.82) is 0 Å². The van der Waals surface area contributed by atoms with E-state index >= 15 is 0 Å². The third-order valence-corrected chi connectivity index (χ3v) is 5.90. The molecule has 3 aromatic heterocycles. The minimum absolute atomic E-state index is 0.0414. The van der Waals surface area contributed by atoms with Gasteiger partial charge in [-0.15, -0.1) is 0 Å². The van der Waals surface area contributed by atoms with Gasteiger partial charge in [0.15, 0.2) is 17.7 Å². The van der Waals surface area contributed by atoms with Gasteiger partial charge < -0.3 is 31.1 Å². The molecule has 35 heavy (non-hydrogen) atoms. The highest BCUT2D eigenvalue weighted by molar-refractivity contribution is 6.30. The van der Waals surface area contributed by atoms with Crippen LogP contribution in [-0.2, 0) is 11.3 Å². The molecule has 4 heterocycles. The highest BCUT2D eigenvalue weighted by Crippen LogP contribution is 2.32. The van der Waals surface area contributed by atoms with E-state index in [2.05, 4.69) is 25.4 Å². The Morgan fingerprint density at radius 2 is 1.97 bits per heavy atom. The second-order valence-electron chi connectivity index (χ2n) is 7.94. The van der Waals surface area contributed by atoms with E-state index in [1.54, 1.807) is 12.1 Å². The highest BCUT2D eigenvalue weighted by Gasteiger charge is 2.44. The number of carbonyl (C=O) groups is 1. The van der Waals surface area contributed by atoms with E-state index in [-0.39, 0.29) is 34.4 Å². The van der Waals surface area contributed by atoms with Gasteiger partial charge in [-0.3, -0.25) is 9.36 Å². The number of hydrogen-bond acceptors (Lipinski definition) is 10. The predicted molar refractivity (Wildman–Crippen MR) is 122 cm³/mol. The van der Waals surface area contributed by atoms with E-state index in [1.807, 2.05) is 12.1 Å². The molecule has 1 aliphatic rings. The Morgan fingerprint density at radius 3 is 2.69 bits per heavy atom. The zero-order chi connectivity index (χ0) is 24.7. The summed E-state index contributed by atoms with van der Waals surface area (Å²) in [7, 11) is 0. The van der Waals surface area contributed by atoms with Crippen LogP contribution in [0.15, 0.2) is 43.0 Å². The SMILES string of the molecule is Nc1nc(-n2cc(C(=O)NCc3ccc(Cl)cc3)cn2)nc2c1ncn2C1O[C@H](CO)[C@@H](O)[C@H]1O. The number of rotatable bonds is 6. The number of benzene rings is 1. The molecule has 0 bridgehead atoms. The summed E-state index contributed by atoms with van der Waals surface area (Å²) in [5.41, 5.74) is 7.69. The lowest BCUT2D eigenvalue weighted by Crippen LogP contribution is -2.33. The van der Waals surface area contributed by atoms with Gasteiger partial charge in [-0.2, -0.15) is 15.1 Å². The normalized spacial score (nSPS) is 22.1. The number of nitrogens with two attached hydrogens (primary N) is 1. The second-order valence-corrected chi connectivity index (χ2v) is 8.38.